The Morgan fingerprint density at radius 1 is 1.27 bits per heavy atom. The Labute approximate surface area is 147 Å². The van der Waals surface area contributed by atoms with Crippen LogP contribution in [0.5, 0.6) is 0 Å². The van der Waals surface area contributed by atoms with Crippen LogP contribution in [0.2, 0.25) is 0 Å². The van der Waals surface area contributed by atoms with Crippen LogP contribution in [-0.2, 0) is 11.2 Å². The molecule has 138 valence electrons. The van der Waals surface area contributed by atoms with Crippen molar-refractivity contribution in [3.63, 3.8) is 0 Å². The molecule has 0 aliphatic carbocycles. The van der Waals surface area contributed by atoms with Gasteiger partial charge in [0.15, 0.2) is 6.04 Å². The molecule has 0 fully saturated rings. The van der Waals surface area contributed by atoms with E-state index in [9.17, 15) is 22.8 Å². The lowest BCUT2D eigenvalue weighted by molar-refractivity contribution is -0.174. The van der Waals surface area contributed by atoms with Crippen molar-refractivity contribution in [3.05, 3.63) is 47.8 Å². The molecule has 3 rings (SSSR count). The summed E-state index contributed by atoms with van der Waals surface area (Å²) in [5.74, 6) is -1.30. The molecule has 1 unspecified atom stereocenters. The molecule has 2 N–H and O–H groups in total. The van der Waals surface area contributed by atoms with E-state index in [4.69, 9.17) is 5.73 Å². The standard InChI is InChI=1S/C17H17F3N4O2/c18-17(19,20)14(24-9-3-7-22-24)10-15(25)23-8-2-5-11-12(16(21)26)4-1-6-13(11)23/h1,3-4,6-7,9,14H,2,5,8,10H2,(H2,21,26). The maximum atomic E-state index is 13.4. The highest BCUT2D eigenvalue weighted by molar-refractivity contribution is 6.00. The second-order valence-electron chi connectivity index (χ2n) is 6.06. The maximum absolute atomic E-state index is 13.4. The quantitative estimate of drug-likeness (QED) is 0.903. The predicted octanol–water partition coefficient (Wildman–Crippen LogP) is 2.45. The first-order valence-electron chi connectivity index (χ1n) is 8.07. The van der Waals surface area contributed by atoms with E-state index in [0.717, 1.165) is 4.68 Å². The number of nitrogens with two attached hydrogens (primary N) is 1. The fourth-order valence-corrected chi connectivity index (χ4v) is 3.21. The largest absolute Gasteiger partial charge is 0.411 e. The molecule has 1 atom stereocenters. The van der Waals surface area contributed by atoms with Crippen LogP contribution in [0, 0.1) is 0 Å². The van der Waals surface area contributed by atoms with E-state index in [2.05, 4.69) is 5.10 Å². The summed E-state index contributed by atoms with van der Waals surface area (Å²) < 4.78 is 40.9. The number of rotatable bonds is 4. The molecular formula is C17H17F3N4O2. The third kappa shape index (κ3) is 3.42. The number of hydrogen-bond donors (Lipinski definition) is 1. The Kier molecular flexibility index (Phi) is 4.71. The zero-order chi connectivity index (χ0) is 18.9. The van der Waals surface area contributed by atoms with Gasteiger partial charge in [-0.2, -0.15) is 18.3 Å². The summed E-state index contributed by atoms with van der Waals surface area (Å²) >= 11 is 0. The monoisotopic (exact) mass is 366 g/mol. The van der Waals surface area contributed by atoms with Gasteiger partial charge in [-0.3, -0.25) is 14.3 Å². The van der Waals surface area contributed by atoms with Crippen molar-refractivity contribution in [3.8, 4) is 0 Å². The molecule has 1 aliphatic rings. The van der Waals surface area contributed by atoms with Crippen LogP contribution < -0.4 is 10.6 Å². The number of fused-ring (bicyclic) bond motifs is 1. The summed E-state index contributed by atoms with van der Waals surface area (Å²) in [4.78, 5) is 25.5. The van der Waals surface area contributed by atoms with Gasteiger partial charge in [-0.05, 0) is 36.6 Å². The average Bonchev–Trinajstić information content (AvgIpc) is 3.11. The van der Waals surface area contributed by atoms with E-state index in [0.29, 0.717) is 29.7 Å². The number of halogens is 3. The SMILES string of the molecule is NC(=O)c1cccc2c1CCCN2C(=O)CC(n1cccn1)C(F)(F)F. The molecule has 0 bridgehead atoms. The first-order chi connectivity index (χ1) is 12.3. The van der Waals surface area contributed by atoms with Gasteiger partial charge in [0.25, 0.3) is 0 Å². The van der Waals surface area contributed by atoms with E-state index in [1.807, 2.05) is 0 Å². The molecular weight excluding hydrogens is 349 g/mol. The summed E-state index contributed by atoms with van der Waals surface area (Å²) in [6.07, 6.45) is -1.89. The summed E-state index contributed by atoms with van der Waals surface area (Å²) in [7, 11) is 0. The molecule has 6 nitrogen and oxygen atoms in total. The minimum absolute atomic E-state index is 0.289. The van der Waals surface area contributed by atoms with Crippen LogP contribution in [0.15, 0.2) is 36.7 Å². The molecule has 1 aliphatic heterocycles. The van der Waals surface area contributed by atoms with Crippen LogP contribution >= 0.6 is 0 Å². The van der Waals surface area contributed by atoms with Crippen molar-refractivity contribution in [1.29, 1.82) is 0 Å². The Morgan fingerprint density at radius 2 is 2.04 bits per heavy atom. The predicted molar refractivity (Wildman–Crippen MR) is 87.6 cm³/mol. The number of anilines is 1. The van der Waals surface area contributed by atoms with Gasteiger partial charge in [-0.15, -0.1) is 0 Å². The summed E-state index contributed by atoms with van der Waals surface area (Å²) in [6.45, 7) is 0.289. The Bertz CT molecular complexity index is 818. The van der Waals surface area contributed by atoms with Gasteiger partial charge in [0.05, 0.1) is 6.42 Å². The van der Waals surface area contributed by atoms with Crippen LogP contribution in [-0.4, -0.2) is 34.3 Å². The fourth-order valence-electron chi connectivity index (χ4n) is 3.21. The maximum Gasteiger partial charge on any atom is 0.411 e. The van der Waals surface area contributed by atoms with Crippen LogP contribution in [0.3, 0.4) is 0 Å². The number of amides is 2. The molecule has 2 aromatic rings. The highest BCUT2D eigenvalue weighted by Gasteiger charge is 2.44. The Balaban J connectivity index is 1.90. The molecule has 0 saturated carbocycles. The number of primary amides is 1. The van der Waals surface area contributed by atoms with Crippen molar-refractivity contribution < 1.29 is 22.8 Å². The zero-order valence-electron chi connectivity index (χ0n) is 13.7. The van der Waals surface area contributed by atoms with Gasteiger partial charge in [0, 0.05) is 30.2 Å². The molecule has 9 heteroatoms. The van der Waals surface area contributed by atoms with Crippen molar-refractivity contribution >= 4 is 17.5 Å². The van der Waals surface area contributed by atoms with Crippen LogP contribution in [0.1, 0.15) is 34.8 Å². The topological polar surface area (TPSA) is 81.2 Å². The number of carbonyl (C=O) groups excluding carboxylic acids is 2. The molecule has 2 heterocycles. The van der Waals surface area contributed by atoms with E-state index in [1.165, 1.54) is 23.4 Å². The van der Waals surface area contributed by atoms with E-state index >= 15 is 0 Å². The Morgan fingerprint density at radius 3 is 2.65 bits per heavy atom. The Hall–Kier alpha value is -2.84. The first kappa shape index (κ1) is 18.0. The molecule has 2 amide bonds. The van der Waals surface area contributed by atoms with Gasteiger partial charge in [0.2, 0.25) is 11.8 Å². The molecule has 26 heavy (non-hydrogen) atoms. The molecule has 0 saturated heterocycles. The van der Waals surface area contributed by atoms with Crippen molar-refractivity contribution in [1.82, 2.24) is 9.78 Å². The number of aromatic nitrogens is 2. The average molecular weight is 366 g/mol. The summed E-state index contributed by atoms with van der Waals surface area (Å²) in [6, 6.07) is 4.07. The second kappa shape index (κ2) is 6.81. The fraction of sp³-hybridized carbons (Fsp3) is 0.353. The number of nitrogens with zero attached hydrogens (tertiary/aromatic N) is 3. The molecule has 0 radical (unpaired) electrons. The molecule has 1 aromatic carbocycles. The first-order valence-corrected chi connectivity index (χ1v) is 8.07. The van der Waals surface area contributed by atoms with E-state index < -0.39 is 30.5 Å². The number of hydrogen-bond acceptors (Lipinski definition) is 3. The van der Waals surface area contributed by atoms with Crippen molar-refractivity contribution in [2.75, 3.05) is 11.4 Å². The van der Waals surface area contributed by atoms with Gasteiger partial charge in [-0.1, -0.05) is 6.07 Å². The van der Waals surface area contributed by atoms with Crippen molar-refractivity contribution in [2.24, 2.45) is 5.73 Å². The third-order valence-electron chi connectivity index (χ3n) is 4.41. The minimum atomic E-state index is -4.62. The van der Waals surface area contributed by atoms with Gasteiger partial charge in [-0.25, -0.2) is 0 Å². The highest BCUT2D eigenvalue weighted by Crippen LogP contribution is 2.35. The summed E-state index contributed by atoms with van der Waals surface area (Å²) in [5.41, 5.74) is 6.69. The molecule has 1 aromatic heterocycles. The lowest BCUT2D eigenvalue weighted by atomic mass is 9.95. The van der Waals surface area contributed by atoms with Gasteiger partial charge >= 0.3 is 6.18 Å². The van der Waals surface area contributed by atoms with Crippen LogP contribution in [0.4, 0.5) is 18.9 Å². The minimum Gasteiger partial charge on any atom is -0.366 e. The molecule has 0 spiro atoms. The third-order valence-corrected chi connectivity index (χ3v) is 4.41. The number of alkyl halides is 3. The number of carbonyl (C=O) groups is 2. The normalized spacial score (nSPS) is 15.4. The lowest BCUT2D eigenvalue weighted by Crippen LogP contribution is -2.40. The second-order valence-corrected chi connectivity index (χ2v) is 6.06. The van der Waals surface area contributed by atoms with Gasteiger partial charge in [0.1, 0.15) is 0 Å². The smallest absolute Gasteiger partial charge is 0.366 e. The lowest BCUT2D eigenvalue weighted by Gasteiger charge is -2.32. The van der Waals surface area contributed by atoms with Crippen LogP contribution in [0.25, 0.3) is 0 Å². The highest BCUT2D eigenvalue weighted by atomic mass is 19.4. The van der Waals surface area contributed by atoms with E-state index in [-0.39, 0.29) is 6.54 Å². The number of benzene rings is 1. The zero-order valence-corrected chi connectivity index (χ0v) is 13.7. The van der Waals surface area contributed by atoms with Crippen molar-refractivity contribution in [2.45, 2.75) is 31.5 Å². The summed E-state index contributed by atoms with van der Waals surface area (Å²) in [5, 5.41) is 3.63. The van der Waals surface area contributed by atoms with E-state index in [1.54, 1.807) is 18.2 Å². The van der Waals surface area contributed by atoms with Gasteiger partial charge < -0.3 is 10.6 Å².